The fraction of sp³-hybridized carbons (Fsp3) is 0.158. The molecule has 4 rings (SSSR count). The van der Waals surface area contributed by atoms with Gasteiger partial charge in [-0.25, -0.2) is 0 Å². The van der Waals surface area contributed by atoms with Gasteiger partial charge in [0.1, 0.15) is 5.75 Å². The Bertz CT molecular complexity index is 810. The van der Waals surface area contributed by atoms with Gasteiger partial charge in [-0.1, -0.05) is 48.5 Å². The second-order valence-electron chi connectivity index (χ2n) is 5.61. The minimum Gasteiger partial charge on any atom is -0.507 e. The molecule has 1 aliphatic rings. The van der Waals surface area contributed by atoms with Gasteiger partial charge in [0.2, 0.25) is 0 Å². The molecule has 2 heteroatoms. The lowest BCUT2D eigenvalue weighted by Crippen LogP contribution is -2.07. The molecule has 0 bridgehead atoms. The van der Waals surface area contributed by atoms with Gasteiger partial charge in [-0.05, 0) is 36.1 Å². The van der Waals surface area contributed by atoms with Crippen LogP contribution in [0.2, 0.25) is 0 Å². The third-order valence-electron chi connectivity index (χ3n) is 4.36. The highest BCUT2D eigenvalue weighted by Crippen LogP contribution is 2.36. The Labute approximate surface area is 124 Å². The first-order valence-electron chi connectivity index (χ1n) is 7.38. The number of rotatable bonds is 2. The first-order valence-corrected chi connectivity index (χ1v) is 7.38. The number of phenols is 1. The molecule has 104 valence electrons. The van der Waals surface area contributed by atoms with Crippen LogP contribution in [0.25, 0.3) is 10.8 Å². The predicted molar refractivity (Wildman–Crippen MR) is 86.7 cm³/mol. The zero-order valence-electron chi connectivity index (χ0n) is 11.7. The fourth-order valence-corrected chi connectivity index (χ4v) is 3.31. The summed E-state index contributed by atoms with van der Waals surface area (Å²) < 4.78 is 0. The van der Waals surface area contributed by atoms with Crippen molar-refractivity contribution < 1.29 is 5.11 Å². The molecule has 0 heterocycles. The minimum atomic E-state index is 0.336. The van der Waals surface area contributed by atoms with Crippen molar-refractivity contribution in [3.63, 3.8) is 0 Å². The molecule has 0 saturated heterocycles. The molecule has 0 saturated carbocycles. The van der Waals surface area contributed by atoms with Crippen molar-refractivity contribution >= 4 is 16.5 Å². The summed E-state index contributed by atoms with van der Waals surface area (Å²) in [6.07, 6.45) is 2.25. The van der Waals surface area contributed by atoms with Crippen LogP contribution < -0.4 is 5.32 Å². The molecule has 3 aromatic carbocycles. The van der Waals surface area contributed by atoms with Crippen LogP contribution in [0.3, 0.4) is 0 Å². The van der Waals surface area contributed by atoms with E-state index in [1.165, 1.54) is 11.1 Å². The molecule has 0 fully saturated rings. The Balaban J connectivity index is 1.75. The van der Waals surface area contributed by atoms with Gasteiger partial charge in [0.05, 0.1) is 6.04 Å². The molecule has 0 aliphatic heterocycles. The van der Waals surface area contributed by atoms with E-state index in [1.807, 2.05) is 18.2 Å². The minimum absolute atomic E-state index is 0.336. The molecule has 21 heavy (non-hydrogen) atoms. The first kappa shape index (κ1) is 12.3. The lowest BCUT2D eigenvalue weighted by molar-refractivity contribution is 0.481. The van der Waals surface area contributed by atoms with Crippen molar-refractivity contribution in [3.05, 3.63) is 71.8 Å². The summed E-state index contributed by atoms with van der Waals surface area (Å²) in [5.41, 5.74) is 3.93. The Hall–Kier alpha value is -2.48. The predicted octanol–water partition coefficient (Wildman–Crippen LogP) is 4.64. The monoisotopic (exact) mass is 275 g/mol. The number of aryl methyl sites for hydroxylation is 1. The van der Waals surface area contributed by atoms with Gasteiger partial charge in [0.15, 0.2) is 0 Å². The number of hydrogen-bond donors (Lipinski definition) is 2. The van der Waals surface area contributed by atoms with E-state index in [4.69, 9.17) is 0 Å². The summed E-state index contributed by atoms with van der Waals surface area (Å²) in [6, 6.07) is 20.7. The third-order valence-corrected chi connectivity index (χ3v) is 4.36. The second kappa shape index (κ2) is 4.81. The van der Waals surface area contributed by atoms with E-state index in [9.17, 15) is 5.11 Å². The summed E-state index contributed by atoms with van der Waals surface area (Å²) in [4.78, 5) is 0. The summed E-state index contributed by atoms with van der Waals surface area (Å²) in [6.45, 7) is 0. The smallest absolute Gasteiger partial charge is 0.123 e. The Morgan fingerprint density at radius 3 is 2.62 bits per heavy atom. The number of fused-ring (bicyclic) bond motifs is 2. The summed E-state index contributed by atoms with van der Waals surface area (Å²) in [5, 5.41) is 15.6. The number of benzene rings is 3. The van der Waals surface area contributed by atoms with Gasteiger partial charge in [0, 0.05) is 16.5 Å². The topological polar surface area (TPSA) is 32.3 Å². The Morgan fingerprint density at radius 1 is 0.857 bits per heavy atom. The zero-order chi connectivity index (χ0) is 14.2. The largest absolute Gasteiger partial charge is 0.507 e. The summed E-state index contributed by atoms with van der Waals surface area (Å²) >= 11 is 0. The summed E-state index contributed by atoms with van der Waals surface area (Å²) in [7, 11) is 0. The maximum Gasteiger partial charge on any atom is 0.123 e. The number of phenolic OH excluding ortho intramolecular Hbond substituents is 1. The van der Waals surface area contributed by atoms with Gasteiger partial charge < -0.3 is 10.4 Å². The maximum absolute atomic E-state index is 9.99. The Morgan fingerprint density at radius 2 is 1.67 bits per heavy atom. The van der Waals surface area contributed by atoms with E-state index in [0.29, 0.717) is 11.8 Å². The molecule has 1 unspecified atom stereocenters. The van der Waals surface area contributed by atoms with Crippen molar-refractivity contribution in [2.45, 2.75) is 18.9 Å². The molecule has 0 radical (unpaired) electrons. The molecule has 1 atom stereocenters. The van der Waals surface area contributed by atoms with E-state index in [2.05, 4.69) is 41.7 Å². The van der Waals surface area contributed by atoms with Crippen LogP contribution in [0.15, 0.2) is 60.7 Å². The van der Waals surface area contributed by atoms with E-state index in [-0.39, 0.29) is 0 Å². The van der Waals surface area contributed by atoms with Gasteiger partial charge >= 0.3 is 0 Å². The lowest BCUT2D eigenvalue weighted by atomic mass is 10.1. The summed E-state index contributed by atoms with van der Waals surface area (Å²) in [5.74, 6) is 0.336. The molecular formula is C19H17NO. The van der Waals surface area contributed by atoms with Gasteiger partial charge in [0.25, 0.3) is 0 Å². The molecule has 2 nitrogen and oxygen atoms in total. The average molecular weight is 275 g/mol. The standard InChI is InChI=1S/C19H17NO/c21-19-10-4-7-15-16(19)8-3-9-17(15)20-18-12-11-13-5-1-2-6-14(13)18/h1-10,18,20-21H,11-12H2. The SMILES string of the molecule is Oc1cccc2c(NC3CCc4ccccc43)cccc12. The highest BCUT2D eigenvalue weighted by molar-refractivity contribution is 5.97. The number of anilines is 1. The number of hydrogen-bond acceptors (Lipinski definition) is 2. The van der Waals surface area contributed by atoms with Crippen LogP contribution in [0.1, 0.15) is 23.6 Å². The van der Waals surface area contributed by atoms with Crippen molar-refractivity contribution in [3.8, 4) is 5.75 Å². The molecule has 1 aliphatic carbocycles. The highest BCUT2D eigenvalue weighted by Gasteiger charge is 2.22. The number of nitrogens with one attached hydrogen (secondary N) is 1. The van der Waals surface area contributed by atoms with Crippen molar-refractivity contribution in [2.24, 2.45) is 0 Å². The quantitative estimate of drug-likeness (QED) is 0.713. The van der Waals surface area contributed by atoms with Gasteiger partial charge in [-0.15, -0.1) is 0 Å². The van der Waals surface area contributed by atoms with E-state index >= 15 is 0 Å². The van der Waals surface area contributed by atoms with Crippen molar-refractivity contribution in [1.82, 2.24) is 0 Å². The zero-order valence-corrected chi connectivity index (χ0v) is 11.7. The Kier molecular flexibility index (Phi) is 2.81. The first-order chi connectivity index (χ1) is 10.3. The van der Waals surface area contributed by atoms with Gasteiger partial charge in [-0.3, -0.25) is 0 Å². The lowest BCUT2D eigenvalue weighted by Gasteiger charge is -2.17. The molecule has 0 aromatic heterocycles. The van der Waals surface area contributed by atoms with Crippen LogP contribution >= 0.6 is 0 Å². The highest BCUT2D eigenvalue weighted by atomic mass is 16.3. The average Bonchev–Trinajstić information content (AvgIpc) is 2.92. The van der Waals surface area contributed by atoms with Crippen LogP contribution in [0, 0.1) is 0 Å². The van der Waals surface area contributed by atoms with Crippen LogP contribution in [0.4, 0.5) is 5.69 Å². The van der Waals surface area contributed by atoms with E-state index in [0.717, 1.165) is 29.3 Å². The molecular weight excluding hydrogens is 258 g/mol. The van der Waals surface area contributed by atoms with Crippen LogP contribution in [0.5, 0.6) is 5.75 Å². The second-order valence-corrected chi connectivity index (χ2v) is 5.61. The normalized spacial score (nSPS) is 16.9. The maximum atomic E-state index is 9.99. The van der Waals surface area contributed by atoms with E-state index < -0.39 is 0 Å². The van der Waals surface area contributed by atoms with Crippen molar-refractivity contribution in [2.75, 3.05) is 5.32 Å². The number of aromatic hydroxyl groups is 1. The molecule has 2 N–H and O–H groups in total. The van der Waals surface area contributed by atoms with Gasteiger partial charge in [-0.2, -0.15) is 0 Å². The molecule has 0 spiro atoms. The van der Waals surface area contributed by atoms with Crippen LogP contribution in [-0.4, -0.2) is 5.11 Å². The molecule has 3 aromatic rings. The molecule has 0 amide bonds. The fourth-order valence-electron chi connectivity index (χ4n) is 3.31. The third kappa shape index (κ3) is 2.04. The van der Waals surface area contributed by atoms with E-state index in [1.54, 1.807) is 6.07 Å². The van der Waals surface area contributed by atoms with Crippen molar-refractivity contribution in [1.29, 1.82) is 0 Å². The van der Waals surface area contributed by atoms with Crippen LogP contribution in [-0.2, 0) is 6.42 Å².